The van der Waals surface area contributed by atoms with Crippen molar-refractivity contribution in [3.05, 3.63) is 47.5 Å². The molecule has 0 aromatic heterocycles. The van der Waals surface area contributed by atoms with Crippen molar-refractivity contribution in [2.45, 2.75) is 13.8 Å². The third kappa shape index (κ3) is 5.23. The lowest BCUT2D eigenvalue weighted by Gasteiger charge is -2.18. The lowest BCUT2D eigenvalue weighted by atomic mass is 10.1. The Bertz CT molecular complexity index is 992. The van der Waals surface area contributed by atoms with Crippen LogP contribution in [0.4, 0.5) is 5.69 Å². The number of amides is 1. The second kappa shape index (κ2) is 9.70. The molecule has 7 heteroatoms. The number of hydrogen-bond acceptors (Lipinski definition) is 6. The largest absolute Gasteiger partial charge is 0.493 e. The van der Waals surface area contributed by atoms with Gasteiger partial charge in [0.25, 0.3) is 5.91 Å². The number of fused-ring (bicyclic) bond motifs is 1. The van der Waals surface area contributed by atoms with Crippen molar-refractivity contribution < 1.29 is 23.7 Å². The van der Waals surface area contributed by atoms with Crippen molar-refractivity contribution >= 4 is 17.7 Å². The van der Waals surface area contributed by atoms with E-state index in [2.05, 4.69) is 19.2 Å². The third-order valence-corrected chi connectivity index (χ3v) is 4.24. The molecule has 2 aromatic rings. The fourth-order valence-electron chi connectivity index (χ4n) is 2.78. The van der Waals surface area contributed by atoms with Crippen LogP contribution in [-0.2, 0) is 4.79 Å². The van der Waals surface area contributed by atoms with E-state index < -0.39 is 5.91 Å². The number of benzene rings is 2. The van der Waals surface area contributed by atoms with E-state index in [1.807, 2.05) is 6.07 Å². The van der Waals surface area contributed by atoms with Gasteiger partial charge in [0.1, 0.15) is 24.9 Å². The Morgan fingerprint density at radius 3 is 2.63 bits per heavy atom. The Labute approximate surface area is 175 Å². The third-order valence-electron chi connectivity index (χ3n) is 4.24. The lowest BCUT2D eigenvalue weighted by Crippen LogP contribution is -2.17. The number of ether oxygens (including phenoxy) is 4. The summed E-state index contributed by atoms with van der Waals surface area (Å²) >= 11 is 0. The second-order valence-corrected chi connectivity index (χ2v) is 7.10. The van der Waals surface area contributed by atoms with Crippen LogP contribution < -0.4 is 24.3 Å². The monoisotopic (exact) mass is 408 g/mol. The van der Waals surface area contributed by atoms with Crippen LogP contribution in [0.15, 0.2) is 42.0 Å². The van der Waals surface area contributed by atoms with Gasteiger partial charge >= 0.3 is 0 Å². The van der Waals surface area contributed by atoms with E-state index in [-0.39, 0.29) is 5.57 Å². The van der Waals surface area contributed by atoms with Gasteiger partial charge in [-0.3, -0.25) is 4.79 Å². The highest BCUT2D eigenvalue weighted by atomic mass is 16.6. The first-order valence-electron chi connectivity index (χ1n) is 9.63. The van der Waals surface area contributed by atoms with E-state index in [4.69, 9.17) is 18.9 Å². The number of methoxy groups -OCH3 is 1. The van der Waals surface area contributed by atoms with Gasteiger partial charge in [0.05, 0.1) is 13.7 Å². The number of nitrogens with one attached hydrogen (secondary N) is 1. The minimum absolute atomic E-state index is 0.0391. The maximum absolute atomic E-state index is 12.6. The van der Waals surface area contributed by atoms with E-state index in [9.17, 15) is 10.1 Å². The number of hydrogen-bond donors (Lipinski definition) is 1. The van der Waals surface area contributed by atoms with E-state index in [1.54, 1.807) is 43.5 Å². The molecular formula is C23H24N2O5. The minimum Gasteiger partial charge on any atom is -0.493 e. The van der Waals surface area contributed by atoms with Gasteiger partial charge in [-0.15, -0.1) is 0 Å². The van der Waals surface area contributed by atoms with Crippen LogP contribution >= 0.6 is 0 Å². The molecule has 3 rings (SSSR count). The predicted molar refractivity (Wildman–Crippen MR) is 113 cm³/mol. The highest BCUT2D eigenvalue weighted by Gasteiger charge is 2.15. The molecule has 2 aromatic carbocycles. The highest BCUT2D eigenvalue weighted by Crippen LogP contribution is 2.33. The molecule has 7 nitrogen and oxygen atoms in total. The number of nitrogens with zero attached hydrogens (tertiary/aromatic N) is 1. The van der Waals surface area contributed by atoms with Crippen LogP contribution in [0.3, 0.4) is 0 Å². The van der Waals surface area contributed by atoms with Gasteiger partial charge in [-0.2, -0.15) is 5.26 Å². The number of rotatable bonds is 7. The summed E-state index contributed by atoms with van der Waals surface area (Å²) in [5.41, 5.74) is 1.13. The molecule has 1 N–H and O–H groups in total. The zero-order valence-corrected chi connectivity index (χ0v) is 17.2. The Balaban J connectivity index is 1.76. The molecule has 156 valence electrons. The standard InChI is InChI=1S/C23H24N2O5/c1-15(2)14-30-19-6-4-16(11-21(19)27-3)10-17(13-24)23(26)25-18-5-7-20-22(12-18)29-9-8-28-20/h4-7,10-12,15H,8-9,14H2,1-3H3,(H,25,26)/b17-10+. The van der Waals surface area contributed by atoms with Crippen LogP contribution in [-0.4, -0.2) is 32.8 Å². The molecule has 1 aliphatic heterocycles. The van der Waals surface area contributed by atoms with Crippen LogP contribution in [0, 0.1) is 17.2 Å². The summed E-state index contributed by atoms with van der Waals surface area (Å²) in [4.78, 5) is 12.6. The average Bonchev–Trinajstić information content (AvgIpc) is 2.76. The molecule has 30 heavy (non-hydrogen) atoms. The lowest BCUT2D eigenvalue weighted by molar-refractivity contribution is -0.112. The summed E-state index contributed by atoms with van der Waals surface area (Å²) in [6.45, 7) is 5.62. The summed E-state index contributed by atoms with van der Waals surface area (Å²) in [6, 6.07) is 12.3. The number of anilines is 1. The summed E-state index contributed by atoms with van der Waals surface area (Å²) in [5, 5.41) is 12.2. The Hall–Kier alpha value is -3.66. The summed E-state index contributed by atoms with van der Waals surface area (Å²) in [6.07, 6.45) is 1.50. The molecule has 0 aliphatic carbocycles. The van der Waals surface area contributed by atoms with Crippen LogP contribution in [0.1, 0.15) is 19.4 Å². The van der Waals surface area contributed by atoms with Crippen molar-refractivity contribution in [1.82, 2.24) is 0 Å². The fraction of sp³-hybridized carbons (Fsp3) is 0.304. The summed E-state index contributed by atoms with van der Waals surface area (Å²) in [5.74, 6) is 2.19. The van der Waals surface area contributed by atoms with Crippen molar-refractivity contribution in [1.29, 1.82) is 5.26 Å². The maximum atomic E-state index is 12.6. The molecule has 0 unspecified atom stereocenters. The van der Waals surface area contributed by atoms with E-state index in [0.717, 1.165) is 0 Å². The van der Waals surface area contributed by atoms with E-state index in [0.29, 0.717) is 60.0 Å². The first kappa shape index (κ1) is 21.1. The van der Waals surface area contributed by atoms with Gasteiger partial charge in [0, 0.05) is 11.8 Å². The molecule has 0 spiro atoms. The molecular weight excluding hydrogens is 384 g/mol. The SMILES string of the molecule is COc1cc(/C=C(\C#N)C(=O)Nc2ccc3c(c2)OCCO3)ccc1OCC(C)C. The minimum atomic E-state index is -0.520. The van der Waals surface area contributed by atoms with Gasteiger partial charge < -0.3 is 24.3 Å². The molecule has 0 radical (unpaired) electrons. The van der Waals surface area contributed by atoms with Crippen molar-refractivity contribution in [2.24, 2.45) is 5.92 Å². The zero-order chi connectivity index (χ0) is 21.5. The van der Waals surface area contributed by atoms with Crippen LogP contribution in [0.25, 0.3) is 6.08 Å². The number of carbonyl (C=O) groups excluding carboxylic acids is 1. The Morgan fingerprint density at radius 2 is 1.93 bits per heavy atom. The van der Waals surface area contributed by atoms with Crippen molar-refractivity contribution in [2.75, 3.05) is 32.2 Å². The van der Waals surface area contributed by atoms with Gasteiger partial charge in [0.2, 0.25) is 0 Å². The van der Waals surface area contributed by atoms with Crippen LogP contribution in [0.5, 0.6) is 23.0 Å². The maximum Gasteiger partial charge on any atom is 0.266 e. The summed E-state index contributed by atoms with van der Waals surface area (Å²) < 4.78 is 22.1. The van der Waals surface area contributed by atoms with E-state index in [1.165, 1.54) is 6.08 Å². The van der Waals surface area contributed by atoms with Gasteiger partial charge in [0.15, 0.2) is 23.0 Å². The highest BCUT2D eigenvalue weighted by molar-refractivity contribution is 6.09. The Kier molecular flexibility index (Phi) is 6.81. The average molecular weight is 408 g/mol. The number of nitriles is 1. The van der Waals surface area contributed by atoms with Crippen molar-refractivity contribution in [3.63, 3.8) is 0 Å². The van der Waals surface area contributed by atoms with Crippen LogP contribution in [0.2, 0.25) is 0 Å². The molecule has 0 bridgehead atoms. The smallest absolute Gasteiger partial charge is 0.266 e. The summed E-state index contributed by atoms with van der Waals surface area (Å²) in [7, 11) is 1.55. The molecule has 1 amide bonds. The molecule has 0 atom stereocenters. The molecule has 1 heterocycles. The first-order chi connectivity index (χ1) is 14.5. The first-order valence-corrected chi connectivity index (χ1v) is 9.63. The quantitative estimate of drug-likeness (QED) is 0.549. The van der Waals surface area contributed by atoms with Gasteiger partial charge in [-0.05, 0) is 41.8 Å². The van der Waals surface area contributed by atoms with Crippen molar-refractivity contribution in [3.8, 4) is 29.1 Å². The van der Waals surface area contributed by atoms with Gasteiger partial charge in [-0.1, -0.05) is 19.9 Å². The Morgan fingerprint density at radius 1 is 1.17 bits per heavy atom. The molecule has 0 fully saturated rings. The topological polar surface area (TPSA) is 89.8 Å². The molecule has 1 aliphatic rings. The fourth-order valence-corrected chi connectivity index (χ4v) is 2.78. The zero-order valence-electron chi connectivity index (χ0n) is 17.2. The second-order valence-electron chi connectivity index (χ2n) is 7.10. The van der Waals surface area contributed by atoms with E-state index >= 15 is 0 Å². The van der Waals surface area contributed by atoms with Gasteiger partial charge in [-0.25, -0.2) is 0 Å². The number of carbonyl (C=O) groups is 1. The molecule has 0 saturated carbocycles. The predicted octanol–water partition coefficient (Wildman–Crippen LogP) is 4.05. The normalized spacial score (nSPS) is 12.8. The molecule has 0 saturated heterocycles.